The molecule has 4 heteroatoms. The van der Waals surface area contributed by atoms with Gasteiger partial charge >= 0.3 is 0 Å². The van der Waals surface area contributed by atoms with E-state index in [1.54, 1.807) is 0 Å². The van der Waals surface area contributed by atoms with Crippen LogP contribution in [0.25, 0.3) is 11.0 Å². The molecule has 98 valence electrons. The number of benzene rings is 1. The van der Waals surface area contributed by atoms with Gasteiger partial charge in [-0.3, -0.25) is 0 Å². The molecule has 2 rings (SSSR count). The van der Waals surface area contributed by atoms with Crippen LogP contribution in [0.4, 0.5) is 0 Å². The van der Waals surface area contributed by atoms with E-state index in [0.29, 0.717) is 11.9 Å². The molecule has 1 atom stereocenters. The third-order valence-electron chi connectivity index (χ3n) is 3.26. The maximum Gasteiger partial charge on any atom is 0.125 e. The van der Waals surface area contributed by atoms with Gasteiger partial charge in [-0.25, -0.2) is 4.98 Å². The molecule has 1 heterocycles. The lowest BCUT2D eigenvalue weighted by atomic mass is 10.1. The summed E-state index contributed by atoms with van der Waals surface area (Å²) in [7, 11) is 0. The van der Waals surface area contributed by atoms with Crippen molar-refractivity contribution in [3.8, 4) is 0 Å². The van der Waals surface area contributed by atoms with Gasteiger partial charge in [0.05, 0.1) is 16.9 Å². The van der Waals surface area contributed by atoms with Crippen molar-refractivity contribution in [3.63, 3.8) is 0 Å². The Kier molecular flexibility index (Phi) is 4.52. The van der Waals surface area contributed by atoms with Crippen molar-refractivity contribution < 1.29 is 0 Å². The fourth-order valence-corrected chi connectivity index (χ4v) is 2.69. The van der Waals surface area contributed by atoms with Crippen molar-refractivity contribution in [2.24, 2.45) is 0 Å². The van der Waals surface area contributed by atoms with Gasteiger partial charge in [-0.1, -0.05) is 31.4 Å². The first-order valence-electron chi connectivity index (χ1n) is 6.39. The SMILES string of the molecule is CCCCC(C)n1c(CCl)nc2cc(Cl)ccc21. The fraction of sp³-hybridized carbons (Fsp3) is 0.500. The zero-order valence-corrected chi connectivity index (χ0v) is 12.3. The molecular weight excluding hydrogens is 267 g/mol. The molecule has 0 bridgehead atoms. The molecule has 0 amide bonds. The Labute approximate surface area is 118 Å². The molecule has 0 aliphatic heterocycles. The molecule has 0 saturated carbocycles. The van der Waals surface area contributed by atoms with Gasteiger partial charge in [0, 0.05) is 11.1 Å². The van der Waals surface area contributed by atoms with Gasteiger partial charge in [-0.05, 0) is 31.5 Å². The van der Waals surface area contributed by atoms with Crippen LogP contribution in [0, 0.1) is 0 Å². The van der Waals surface area contributed by atoms with E-state index >= 15 is 0 Å². The van der Waals surface area contributed by atoms with Gasteiger partial charge in [0.2, 0.25) is 0 Å². The van der Waals surface area contributed by atoms with Crippen molar-refractivity contribution in [1.82, 2.24) is 9.55 Å². The third-order valence-corrected chi connectivity index (χ3v) is 3.73. The van der Waals surface area contributed by atoms with Gasteiger partial charge in [-0.15, -0.1) is 11.6 Å². The minimum Gasteiger partial charge on any atom is -0.324 e. The van der Waals surface area contributed by atoms with Crippen LogP contribution >= 0.6 is 23.2 Å². The first-order valence-corrected chi connectivity index (χ1v) is 7.31. The number of nitrogens with zero attached hydrogens (tertiary/aromatic N) is 2. The summed E-state index contributed by atoms with van der Waals surface area (Å²) < 4.78 is 2.24. The summed E-state index contributed by atoms with van der Waals surface area (Å²) in [4.78, 5) is 4.57. The molecule has 1 aromatic carbocycles. The standard InChI is InChI=1S/C14H18Cl2N2/c1-3-4-5-10(2)18-13-7-6-11(16)8-12(13)17-14(18)9-15/h6-8,10H,3-5,9H2,1-2H3. The molecular formula is C14H18Cl2N2. The Hall–Kier alpha value is -0.730. The molecule has 0 aliphatic rings. The maximum atomic E-state index is 6.01. The highest BCUT2D eigenvalue weighted by Gasteiger charge is 2.15. The first kappa shape index (κ1) is 13.7. The highest BCUT2D eigenvalue weighted by atomic mass is 35.5. The van der Waals surface area contributed by atoms with Crippen molar-refractivity contribution in [1.29, 1.82) is 0 Å². The second-order valence-electron chi connectivity index (χ2n) is 4.66. The molecule has 0 aliphatic carbocycles. The number of halogens is 2. The Morgan fingerprint density at radius 3 is 2.83 bits per heavy atom. The molecule has 18 heavy (non-hydrogen) atoms. The van der Waals surface area contributed by atoms with Gasteiger partial charge in [0.15, 0.2) is 0 Å². The number of unbranched alkanes of at least 4 members (excludes halogenated alkanes) is 1. The molecule has 0 radical (unpaired) electrons. The summed E-state index contributed by atoms with van der Waals surface area (Å²) in [5, 5.41) is 0.717. The van der Waals surface area contributed by atoms with Crippen molar-refractivity contribution in [3.05, 3.63) is 29.0 Å². The fourth-order valence-electron chi connectivity index (χ4n) is 2.34. The van der Waals surface area contributed by atoms with Gasteiger partial charge in [0.1, 0.15) is 5.82 Å². The highest BCUT2D eigenvalue weighted by Crippen LogP contribution is 2.27. The van der Waals surface area contributed by atoms with Gasteiger partial charge in [0.25, 0.3) is 0 Å². The average molecular weight is 285 g/mol. The summed E-state index contributed by atoms with van der Waals surface area (Å²) in [5.41, 5.74) is 2.06. The molecule has 2 nitrogen and oxygen atoms in total. The zero-order valence-electron chi connectivity index (χ0n) is 10.8. The topological polar surface area (TPSA) is 17.8 Å². The first-order chi connectivity index (χ1) is 8.67. The number of hydrogen-bond donors (Lipinski definition) is 0. The van der Waals surface area contributed by atoms with E-state index in [-0.39, 0.29) is 0 Å². The third kappa shape index (κ3) is 2.65. The van der Waals surface area contributed by atoms with Crippen molar-refractivity contribution >= 4 is 34.2 Å². The van der Waals surface area contributed by atoms with Crippen LogP contribution in [0.1, 0.15) is 45.0 Å². The Morgan fingerprint density at radius 1 is 1.39 bits per heavy atom. The molecule has 1 aromatic heterocycles. The molecule has 0 spiro atoms. The minimum atomic E-state index is 0.421. The van der Waals surface area contributed by atoms with Gasteiger partial charge in [-0.2, -0.15) is 0 Å². The summed E-state index contributed by atoms with van der Waals surface area (Å²) in [6.45, 7) is 4.43. The van der Waals surface area contributed by atoms with Crippen LogP contribution in [-0.2, 0) is 5.88 Å². The van der Waals surface area contributed by atoms with E-state index in [4.69, 9.17) is 23.2 Å². The summed E-state index contributed by atoms with van der Waals surface area (Å²) >= 11 is 12.0. The number of fused-ring (bicyclic) bond motifs is 1. The van der Waals surface area contributed by atoms with Gasteiger partial charge < -0.3 is 4.57 Å². The molecule has 2 aromatic rings. The number of alkyl halides is 1. The second-order valence-corrected chi connectivity index (χ2v) is 5.36. The number of imidazole rings is 1. The van der Waals surface area contributed by atoms with E-state index < -0.39 is 0 Å². The monoisotopic (exact) mass is 284 g/mol. The van der Waals surface area contributed by atoms with Crippen LogP contribution in [0.2, 0.25) is 5.02 Å². The van der Waals surface area contributed by atoms with E-state index in [1.165, 1.54) is 12.8 Å². The second kappa shape index (κ2) is 5.94. The minimum absolute atomic E-state index is 0.421. The highest BCUT2D eigenvalue weighted by molar-refractivity contribution is 6.31. The summed E-state index contributed by atoms with van der Waals surface area (Å²) in [6, 6.07) is 6.26. The van der Waals surface area contributed by atoms with E-state index in [1.807, 2.05) is 18.2 Å². The summed E-state index contributed by atoms with van der Waals surface area (Å²) in [6.07, 6.45) is 3.57. The number of hydrogen-bond acceptors (Lipinski definition) is 1. The van der Waals surface area contributed by atoms with Crippen LogP contribution in [0.3, 0.4) is 0 Å². The van der Waals surface area contributed by atoms with E-state index in [9.17, 15) is 0 Å². The molecule has 0 fully saturated rings. The van der Waals surface area contributed by atoms with Crippen LogP contribution in [0.15, 0.2) is 18.2 Å². The lowest BCUT2D eigenvalue weighted by Gasteiger charge is -2.16. The number of rotatable bonds is 5. The lowest BCUT2D eigenvalue weighted by molar-refractivity contribution is 0.485. The van der Waals surface area contributed by atoms with Crippen molar-refractivity contribution in [2.75, 3.05) is 0 Å². The predicted molar refractivity (Wildman–Crippen MR) is 78.5 cm³/mol. The van der Waals surface area contributed by atoms with Crippen LogP contribution < -0.4 is 0 Å². The Bertz CT molecular complexity index is 534. The molecule has 1 unspecified atom stereocenters. The lowest BCUT2D eigenvalue weighted by Crippen LogP contribution is -2.08. The van der Waals surface area contributed by atoms with Crippen LogP contribution in [-0.4, -0.2) is 9.55 Å². The van der Waals surface area contributed by atoms with E-state index in [0.717, 1.165) is 28.3 Å². The normalized spacial score (nSPS) is 13.1. The Morgan fingerprint density at radius 2 is 2.17 bits per heavy atom. The average Bonchev–Trinajstić information content (AvgIpc) is 2.73. The maximum absolute atomic E-state index is 6.01. The van der Waals surface area contributed by atoms with Crippen LogP contribution in [0.5, 0.6) is 0 Å². The largest absolute Gasteiger partial charge is 0.324 e. The number of aromatic nitrogens is 2. The van der Waals surface area contributed by atoms with Crippen molar-refractivity contribution in [2.45, 2.75) is 45.0 Å². The molecule has 0 saturated heterocycles. The quantitative estimate of drug-likeness (QED) is 0.692. The summed E-state index contributed by atoms with van der Waals surface area (Å²) in [5.74, 6) is 1.36. The Balaban J connectivity index is 2.46. The zero-order chi connectivity index (χ0) is 13.1. The predicted octanol–water partition coefficient (Wildman–Crippen LogP) is 5.18. The molecule has 0 N–H and O–H groups in total. The van der Waals surface area contributed by atoms with E-state index in [2.05, 4.69) is 23.4 Å². The smallest absolute Gasteiger partial charge is 0.125 e.